The van der Waals surface area contributed by atoms with E-state index in [1.807, 2.05) is 35.9 Å². The fraction of sp³-hybridized carbons (Fsp3) is 0.200. The summed E-state index contributed by atoms with van der Waals surface area (Å²) >= 11 is 4.42. The van der Waals surface area contributed by atoms with Crippen LogP contribution in [-0.2, 0) is 12.3 Å². The van der Waals surface area contributed by atoms with E-state index in [1.165, 1.54) is 23.1 Å². The van der Waals surface area contributed by atoms with E-state index < -0.39 is 0 Å². The van der Waals surface area contributed by atoms with Gasteiger partial charge in [-0.1, -0.05) is 23.0 Å². The van der Waals surface area contributed by atoms with E-state index in [1.54, 1.807) is 15.9 Å². The van der Waals surface area contributed by atoms with E-state index in [-0.39, 0.29) is 5.56 Å². The van der Waals surface area contributed by atoms with Crippen molar-refractivity contribution >= 4 is 44.7 Å². The number of fused-ring (bicyclic) bond motifs is 1. The Kier molecular flexibility index (Phi) is 4.21. The van der Waals surface area contributed by atoms with Gasteiger partial charge in [-0.05, 0) is 29.8 Å². The topological polar surface area (TPSA) is 73.8 Å². The Labute approximate surface area is 149 Å². The van der Waals surface area contributed by atoms with Crippen molar-refractivity contribution in [1.29, 1.82) is 0 Å². The van der Waals surface area contributed by atoms with E-state index in [2.05, 4.69) is 15.1 Å². The van der Waals surface area contributed by atoms with Crippen molar-refractivity contribution in [3.63, 3.8) is 0 Å². The molecule has 0 N–H and O–H groups in total. The van der Waals surface area contributed by atoms with Crippen molar-refractivity contribution in [3.05, 3.63) is 45.2 Å². The fourth-order valence-corrected chi connectivity index (χ4v) is 4.59. The van der Waals surface area contributed by atoms with Crippen LogP contribution in [0.4, 0.5) is 0 Å². The second kappa shape index (κ2) is 6.50. The van der Waals surface area contributed by atoms with Gasteiger partial charge < -0.3 is 4.52 Å². The second-order valence-electron chi connectivity index (χ2n) is 4.86. The fourth-order valence-electron chi connectivity index (χ4n) is 2.26. The molecule has 0 bridgehead atoms. The molecule has 0 aromatic carbocycles. The lowest BCUT2D eigenvalue weighted by molar-refractivity contribution is 0.391. The molecule has 0 radical (unpaired) electrons. The van der Waals surface area contributed by atoms with Crippen molar-refractivity contribution in [2.24, 2.45) is 0 Å². The summed E-state index contributed by atoms with van der Waals surface area (Å²) in [5, 5.41) is 8.53. The summed E-state index contributed by atoms with van der Waals surface area (Å²) < 4.78 is 7.67. The molecule has 0 unspecified atom stereocenters. The maximum absolute atomic E-state index is 12.5. The van der Waals surface area contributed by atoms with Crippen LogP contribution < -0.4 is 5.56 Å². The third-order valence-electron chi connectivity index (χ3n) is 3.38. The maximum atomic E-state index is 12.5. The molecule has 9 heteroatoms. The minimum absolute atomic E-state index is 0.00445. The molecule has 0 aliphatic heterocycles. The van der Waals surface area contributed by atoms with Crippen LogP contribution in [0.2, 0.25) is 0 Å². The molecule has 4 aromatic heterocycles. The number of nitrogens with zero attached hydrogens (tertiary/aromatic N) is 4. The van der Waals surface area contributed by atoms with Gasteiger partial charge in [-0.3, -0.25) is 9.36 Å². The quantitative estimate of drug-likeness (QED) is 0.389. The van der Waals surface area contributed by atoms with Gasteiger partial charge in [0.25, 0.3) is 5.56 Å². The number of thiophene rings is 2. The van der Waals surface area contributed by atoms with E-state index in [0.717, 1.165) is 10.4 Å². The molecule has 0 aliphatic carbocycles. The van der Waals surface area contributed by atoms with Crippen molar-refractivity contribution < 1.29 is 4.52 Å². The first kappa shape index (κ1) is 15.6. The average molecular weight is 376 g/mol. The van der Waals surface area contributed by atoms with Gasteiger partial charge in [0.15, 0.2) is 5.16 Å². The van der Waals surface area contributed by atoms with Crippen LogP contribution in [0.1, 0.15) is 12.8 Å². The monoisotopic (exact) mass is 376 g/mol. The standard InChI is InChI=1S/C15H12N4O2S3/c1-2-19-14(20)12-9(5-7-23-12)16-15(19)24-8-11-17-13(18-21-11)10-4-3-6-22-10/h3-7H,2,8H2,1H3. The van der Waals surface area contributed by atoms with Crippen LogP contribution in [0.25, 0.3) is 20.9 Å². The minimum Gasteiger partial charge on any atom is -0.338 e. The molecule has 0 aliphatic rings. The summed E-state index contributed by atoms with van der Waals surface area (Å²) in [4.78, 5) is 22.4. The van der Waals surface area contributed by atoms with Crippen molar-refractivity contribution in [2.45, 2.75) is 24.4 Å². The molecule has 0 saturated carbocycles. The first-order valence-electron chi connectivity index (χ1n) is 7.23. The molecule has 0 atom stereocenters. The minimum atomic E-state index is 0.00445. The van der Waals surface area contributed by atoms with E-state index in [4.69, 9.17) is 4.52 Å². The van der Waals surface area contributed by atoms with Crippen LogP contribution in [0.15, 0.2) is 43.4 Å². The first-order chi connectivity index (χ1) is 11.8. The van der Waals surface area contributed by atoms with Crippen molar-refractivity contribution in [3.8, 4) is 10.7 Å². The molecular formula is C15H12N4O2S3. The zero-order valence-corrected chi connectivity index (χ0v) is 15.1. The SMILES string of the molecule is CCn1c(SCc2nc(-c3cccs3)no2)nc2ccsc2c1=O. The molecule has 0 spiro atoms. The van der Waals surface area contributed by atoms with E-state index in [0.29, 0.717) is 33.9 Å². The van der Waals surface area contributed by atoms with Crippen LogP contribution >= 0.6 is 34.4 Å². The smallest absolute Gasteiger partial charge is 0.272 e. The highest BCUT2D eigenvalue weighted by atomic mass is 32.2. The molecule has 0 fully saturated rings. The van der Waals surface area contributed by atoms with Gasteiger partial charge in [0, 0.05) is 6.54 Å². The Morgan fingerprint density at radius 3 is 2.96 bits per heavy atom. The molecule has 122 valence electrons. The van der Waals surface area contributed by atoms with Gasteiger partial charge in [-0.15, -0.1) is 22.7 Å². The lowest BCUT2D eigenvalue weighted by atomic mass is 10.4. The Bertz CT molecular complexity index is 1030. The van der Waals surface area contributed by atoms with Gasteiger partial charge in [0.2, 0.25) is 11.7 Å². The van der Waals surface area contributed by atoms with Gasteiger partial charge in [0.05, 0.1) is 16.1 Å². The zero-order valence-electron chi connectivity index (χ0n) is 12.6. The number of hydrogen-bond donors (Lipinski definition) is 0. The van der Waals surface area contributed by atoms with E-state index in [9.17, 15) is 4.79 Å². The normalized spacial score (nSPS) is 11.4. The highest BCUT2D eigenvalue weighted by Gasteiger charge is 2.14. The molecule has 0 saturated heterocycles. The Morgan fingerprint density at radius 2 is 2.17 bits per heavy atom. The number of rotatable bonds is 5. The highest BCUT2D eigenvalue weighted by molar-refractivity contribution is 7.98. The predicted molar refractivity (Wildman–Crippen MR) is 96.7 cm³/mol. The summed E-state index contributed by atoms with van der Waals surface area (Å²) in [6.07, 6.45) is 0. The van der Waals surface area contributed by atoms with Crippen LogP contribution in [0, 0.1) is 0 Å². The van der Waals surface area contributed by atoms with Crippen LogP contribution in [0.3, 0.4) is 0 Å². The van der Waals surface area contributed by atoms with Crippen LogP contribution in [0.5, 0.6) is 0 Å². The Balaban J connectivity index is 1.60. The summed E-state index contributed by atoms with van der Waals surface area (Å²) in [7, 11) is 0. The first-order valence-corrected chi connectivity index (χ1v) is 9.98. The molecule has 4 aromatic rings. The summed E-state index contributed by atoms with van der Waals surface area (Å²) in [6, 6.07) is 5.77. The Hall–Kier alpha value is -1.97. The second-order valence-corrected chi connectivity index (χ2v) is 7.66. The van der Waals surface area contributed by atoms with Crippen molar-refractivity contribution in [1.82, 2.24) is 19.7 Å². The van der Waals surface area contributed by atoms with Gasteiger partial charge in [-0.2, -0.15) is 4.98 Å². The molecule has 24 heavy (non-hydrogen) atoms. The molecular weight excluding hydrogens is 364 g/mol. The van der Waals surface area contributed by atoms with Crippen molar-refractivity contribution in [2.75, 3.05) is 0 Å². The number of aromatic nitrogens is 4. The molecule has 4 heterocycles. The third-order valence-corrected chi connectivity index (χ3v) is 6.10. The highest BCUT2D eigenvalue weighted by Crippen LogP contribution is 2.26. The molecule has 4 rings (SSSR count). The van der Waals surface area contributed by atoms with Gasteiger partial charge >= 0.3 is 0 Å². The number of hydrogen-bond acceptors (Lipinski definition) is 8. The van der Waals surface area contributed by atoms with Gasteiger partial charge in [0.1, 0.15) is 4.70 Å². The third kappa shape index (κ3) is 2.79. The summed E-state index contributed by atoms with van der Waals surface area (Å²) in [5.41, 5.74) is 0.742. The predicted octanol–water partition coefficient (Wildman–Crippen LogP) is 3.88. The summed E-state index contributed by atoms with van der Waals surface area (Å²) in [6.45, 7) is 2.51. The molecule has 0 amide bonds. The summed E-state index contributed by atoms with van der Waals surface area (Å²) in [5.74, 6) is 1.58. The zero-order chi connectivity index (χ0) is 16.5. The van der Waals surface area contributed by atoms with Crippen LogP contribution in [-0.4, -0.2) is 19.7 Å². The largest absolute Gasteiger partial charge is 0.338 e. The maximum Gasteiger partial charge on any atom is 0.272 e. The Morgan fingerprint density at radius 1 is 1.25 bits per heavy atom. The molecule has 6 nitrogen and oxygen atoms in total. The lowest BCUT2D eigenvalue weighted by Gasteiger charge is -2.08. The average Bonchev–Trinajstić information content (AvgIpc) is 3.32. The van der Waals surface area contributed by atoms with Gasteiger partial charge in [-0.25, -0.2) is 4.98 Å². The number of thioether (sulfide) groups is 1. The lowest BCUT2D eigenvalue weighted by Crippen LogP contribution is -2.21. The van der Waals surface area contributed by atoms with E-state index >= 15 is 0 Å².